The molecule has 0 radical (unpaired) electrons. The van der Waals surface area contributed by atoms with Crippen LogP contribution in [0.25, 0.3) is 5.03 Å². The minimum Gasteiger partial charge on any atom is -0.204 e. The molecule has 0 atom stereocenters. The molecule has 0 N–H and O–H groups in total. The number of rotatable bonds is 1. The second kappa shape index (κ2) is 4.16. The Kier molecular flexibility index (Phi) is 3.15. The van der Waals surface area contributed by atoms with Crippen LogP contribution >= 0.6 is 11.6 Å². The summed E-state index contributed by atoms with van der Waals surface area (Å²) in [4.78, 5) is 0. The second-order valence-electron chi connectivity index (χ2n) is 2.38. The van der Waals surface area contributed by atoms with Crippen molar-refractivity contribution in [3.05, 3.63) is 41.2 Å². The molecule has 14 heavy (non-hydrogen) atoms. The maximum Gasteiger partial charge on any atom is 0.194 e. The van der Waals surface area contributed by atoms with E-state index in [1.165, 1.54) is 0 Å². The predicted molar refractivity (Wildman–Crippen MR) is 45.8 cm³/mol. The van der Waals surface area contributed by atoms with E-state index in [-0.39, 0.29) is 10.6 Å². The molecule has 1 aromatic rings. The van der Waals surface area contributed by atoms with Gasteiger partial charge in [-0.05, 0) is 17.7 Å². The van der Waals surface area contributed by atoms with Crippen molar-refractivity contribution in [2.45, 2.75) is 0 Å². The number of nitriles is 1. The Hall–Kier alpha value is -1.47. The highest BCUT2D eigenvalue weighted by molar-refractivity contribution is 6.48. The molecule has 0 fully saturated rings. The van der Waals surface area contributed by atoms with Gasteiger partial charge in [0, 0.05) is 6.08 Å². The Balaban J connectivity index is 3.27. The quantitative estimate of drug-likeness (QED) is 0.523. The first kappa shape index (κ1) is 10.6. The number of hydrogen-bond donors (Lipinski definition) is 0. The molecule has 0 saturated heterocycles. The molecule has 0 aliphatic rings. The number of hydrogen-bond acceptors (Lipinski definition) is 1. The molecule has 1 aromatic carbocycles. The molecule has 0 saturated carbocycles. The highest BCUT2D eigenvalue weighted by atomic mass is 35.5. The highest BCUT2D eigenvalue weighted by Gasteiger charge is 2.11. The van der Waals surface area contributed by atoms with E-state index in [0.29, 0.717) is 12.1 Å². The van der Waals surface area contributed by atoms with Gasteiger partial charge in [-0.3, -0.25) is 0 Å². The average Bonchev–Trinajstić information content (AvgIpc) is 2.13. The molecule has 72 valence electrons. The van der Waals surface area contributed by atoms with Crippen LogP contribution < -0.4 is 0 Å². The van der Waals surface area contributed by atoms with E-state index in [9.17, 15) is 13.2 Å². The third kappa shape index (κ3) is 2.06. The zero-order valence-corrected chi connectivity index (χ0v) is 7.45. The second-order valence-corrected chi connectivity index (χ2v) is 2.78. The number of nitrogens with zero attached hydrogens (tertiary/aromatic N) is 1. The zero-order chi connectivity index (χ0) is 10.7. The monoisotopic (exact) mass is 217 g/mol. The summed E-state index contributed by atoms with van der Waals surface area (Å²) in [7, 11) is 0. The topological polar surface area (TPSA) is 23.8 Å². The lowest BCUT2D eigenvalue weighted by Crippen LogP contribution is -1.92. The maximum atomic E-state index is 12.7. The van der Waals surface area contributed by atoms with Crippen LogP contribution in [0.4, 0.5) is 13.2 Å². The van der Waals surface area contributed by atoms with E-state index in [0.717, 1.165) is 6.08 Å². The molecule has 0 bridgehead atoms. The van der Waals surface area contributed by atoms with Gasteiger partial charge in [0.05, 0.1) is 11.1 Å². The van der Waals surface area contributed by atoms with E-state index in [1.807, 2.05) is 0 Å². The summed E-state index contributed by atoms with van der Waals surface area (Å²) in [6.45, 7) is 0. The third-order valence-electron chi connectivity index (χ3n) is 1.45. The minimum atomic E-state index is -1.56. The van der Waals surface area contributed by atoms with Gasteiger partial charge >= 0.3 is 0 Å². The van der Waals surface area contributed by atoms with E-state index in [4.69, 9.17) is 16.9 Å². The molecule has 0 amide bonds. The normalized spacial score (nSPS) is 11.2. The zero-order valence-electron chi connectivity index (χ0n) is 6.69. The van der Waals surface area contributed by atoms with Gasteiger partial charge in [-0.2, -0.15) is 5.26 Å². The summed E-state index contributed by atoms with van der Waals surface area (Å²) in [5, 5.41) is 8.07. The standard InChI is InChI=1S/C9H3ClF3N/c10-6(1-2-14)5-3-7(11)9(13)8(12)4-5/h1,3-4H. The largest absolute Gasteiger partial charge is 0.204 e. The van der Waals surface area contributed by atoms with Gasteiger partial charge in [0.25, 0.3) is 0 Å². The third-order valence-corrected chi connectivity index (χ3v) is 1.78. The molecule has 0 aromatic heterocycles. The predicted octanol–water partition coefficient (Wildman–Crippen LogP) is 3.21. The fourth-order valence-electron chi connectivity index (χ4n) is 0.833. The Labute approximate surface area is 83.0 Å². The van der Waals surface area contributed by atoms with Crippen molar-refractivity contribution in [2.24, 2.45) is 0 Å². The number of allylic oxidation sites excluding steroid dienone is 1. The fraction of sp³-hybridized carbons (Fsp3) is 0. The summed E-state index contributed by atoms with van der Waals surface area (Å²) in [6.07, 6.45) is 0.897. The summed E-state index contributed by atoms with van der Waals surface area (Å²) >= 11 is 5.49. The molecule has 0 heterocycles. The van der Waals surface area contributed by atoms with Gasteiger partial charge < -0.3 is 0 Å². The maximum absolute atomic E-state index is 12.7. The van der Waals surface area contributed by atoms with Crippen molar-refractivity contribution in [1.29, 1.82) is 5.26 Å². The molecule has 1 nitrogen and oxygen atoms in total. The van der Waals surface area contributed by atoms with Crippen LogP contribution in [-0.4, -0.2) is 0 Å². The van der Waals surface area contributed by atoms with Crippen LogP contribution in [0.1, 0.15) is 5.56 Å². The lowest BCUT2D eigenvalue weighted by Gasteiger charge is -2.00. The van der Waals surface area contributed by atoms with Crippen molar-refractivity contribution in [3.63, 3.8) is 0 Å². The Bertz CT molecular complexity index is 411. The first-order valence-electron chi connectivity index (χ1n) is 3.46. The summed E-state index contributed by atoms with van der Waals surface area (Å²) in [5.74, 6) is -4.25. The van der Waals surface area contributed by atoms with Crippen LogP contribution in [0, 0.1) is 28.8 Å². The van der Waals surface area contributed by atoms with E-state index >= 15 is 0 Å². The number of halogens is 4. The lowest BCUT2D eigenvalue weighted by molar-refractivity contribution is 0.447. The lowest BCUT2D eigenvalue weighted by atomic mass is 10.2. The van der Waals surface area contributed by atoms with Gasteiger partial charge in [0.1, 0.15) is 0 Å². The van der Waals surface area contributed by atoms with Crippen LogP contribution in [-0.2, 0) is 0 Å². The van der Waals surface area contributed by atoms with Crippen molar-refractivity contribution < 1.29 is 13.2 Å². The van der Waals surface area contributed by atoms with Crippen molar-refractivity contribution in [2.75, 3.05) is 0 Å². The molecule has 1 rings (SSSR count). The van der Waals surface area contributed by atoms with Crippen LogP contribution in [0.2, 0.25) is 0 Å². The SMILES string of the molecule is N#CC=C(Cl)c1cc(F)c(F)c(F)c1. The molecule has 0 aliphatic carbocycles. The first-order valence-corrected chi connectivity index (χ1v) is 3.84. The Morgan fingerprint density at radius 2 is 1.79 bits per heavy atom. The summed E-state index contributed by atoms with van der Waals surface area (Å²) in [6, 6.07) is 3.02. The smallest absolute Gasteiger partial charge is 0.194 e. The summed E-state index contributed by atoms with van der Waals surface area (Å²) < 4.78 is 37.8. The van der Waals surface area contributed by atoms with Gasteiger partial charge in [-0.1, -0.05) is 11.6 Å². The molecule has 0 aliphatic heterocycles. The van der Waals surface area contributed by atoms with Crippen LogP contribution in [0.5, 0.6) is 0 Å². The van der Waals surface area contributed by atoms with Crippen LogP contribution in [0.3, 0.4) is 0 Å². The number of benzene rings is 1. The van der Waals surface area contributed by atoms with Gasteiger partial charge in [-0.15, -0.1) is 0 Å². The van der Waals surface area contributed by atoms with Crippen molar-refractivity contribution in [3.8, 4) is 6.07 Å². The molecule has 0 unspecified atom stereocenters. The Morgan fingerprint density at radius 3 is 2.21 bits per heavy atom. The van der Waals surface area contributed by atoms with Crippen molar-refractivity contribution >= 4 is 16.6 Å². The van der Waals surface area contributed by atoms with Gasteiger partial charge in [-0.25, -0.2) is 13.2 Å². The first-order chi connectivity index (χ1) is 6.56. The summed E-state index contributed by atoms with van der Waals surface area (Å²) in [5.41, 5.74) is -0.0791. The van der Waals surface area contributed by atoms with Crippen LogP contribution in [0.15, 0.2) is 18.2 Å². The van der Waals surface area contributed by atoms with E-state index < -0.39 is 17.5 Å². The minimum absolute atomic E-state index is 0.0791. The molecule has 5 heteroatoms. The van der Waals surface area contributed by atoms with E-state index in [2.05, 4.69) is 0 Å². The average molecular weight is 218 g/mol. The fourth-order valence-corrected chi connectivity index (χ4v) is 0.991. The molecular formula is C9H3ClF3N. The van der Waals surface area contributed by atoms with E-state index in [1.54, 1.807) is 6.07 Å². The Morgan fingerprint density at radius 1 is 1.29 bits per heavy atom. The highest BCUT2D eigenvalue weighted by Crippen LogP contribution is 2.22. The van der Waals surface area contributed by atoms with Crippen molar-refractivity contribution in [1.82, 2.24) is 0 Å². The molecule has 0 spiro atoms. The molecular weight excluding hydrogens is 215 g/mol. The van der Waals surface area contributed by atoms with Gasteiger partial charge in [0.2, 0.25) is 0 Å². The van der Waals surface area contributed by atoms with Gasteiger partial charge in [0.15, 0.2) is 17.5 Å².